The zero-order valence-corrected chi connectivity index (χ0v) is 16.4. The first-order valence-electron chi connectivity index (χ1n) is 10.1. The Labute approximate surface area is 168 Å². The summed E-state index contributed by atoms with van der Waals surface area (Å²) < 4.78 is 11.4. The van der Waals surface area contributed by atoms with Gasteiger partial charge in [0.15, 0.2) is 0 Å². The van der Waals surface area contributed by atoms with E-state index < -0.39 is 0 Å². The molecule has 0 aliphatic rings. The summed E-state index contributed by atoms with van der Waals surface area (Å²) in [5, 5.41) is 17.7. The van der Waals surface area contributed by atoms with Crippen LogP contribution in [0.5, 0.6) is 11.5 Å². The third-order valence-corrected chi connectivity index (χ3v) is 4.50. The van der Waals surface area contributed by atoms with Crippen molar-refractivity contribution in [3.8, 4) is 23.6 Å². The normalized spacial score (nSPS) is 10.1. The van der Waals surface area contributed by atoms with E-state index in [-0.39, 0.29) is 0 Å². The van der Waals surface area contributed by atoms with Crippen molar-refractivity contribution in [1.29, 1.82) is 10.5 Å². The molecule has 0 aromatic heterocycles. The summed E-state index contributed by atoms with van der Waals surface area (Å²) in [6, 6.07) is 18.9. The van der Waals surface area contributed by atoms with Crippen molar-refractivity contribution >= 4 is 0 Å². The summed E-state index contributed by atoms with van der Waals surface area (Å²) >= 11 is 0. The number of benzene rings is 2. The van der Waals surface area contributed by atoms with E-state index in [9.17, 15) is 0 Å². The average molecular weight is 376 g/mol. The molecule has 4 heteroatoms. The average Bonchev–Trinajstić information content (AvgIpc) is 2.74. The van der Waals surface area contributed by atoms with Gasteiger partial charge in [-0.1, -0.05) is 50.7 Å². The third kappa shape index (κ3) is 8.60. The molecule has 0 unspecified atom stereocenters. The molecule has 146 valence electrons. The van der Waals surface area contributed by atoms with Crippen LogP contribution in [0.15, 0.2) is 48.5 Å². The fourth-order valence-corrected chi connectivity index (χ4v) is 2.96. The monoisotopic (exact) mass is 376 g/mol. The van der Waals surface area contributed by atoms with Gasteiger partial charge in [-0.05, 0) is 49.2 Å². The molecule has 0 bridgehead atoms. The SMILES string of the molecule is N#Cc1cccc(OCCCCCCCCCCOc2cccc(C#N)c2)c1. The molecule has 0 radical (unpaired) electrons. The number of rotatable bonds is 13. The molecule has 0 aliphatic heterocycles. The number of unbranched alkanes of at least 4 members (excludes halogenated alkanes) is 7. The van der Waals surface area contributed by atoms with Gasteiger partial charge in [-0.3, -0.25) is 0 Å². The quantitative estimate of drug-likeness (QED) is 0.402. The van der Waals surface area contributed by atoms with E-state index >= 15 is 0 Å². The molecule has 0 saturated heterocycles. The maximum absolute atomic E-state index is 8.87. The fraction of sp³-hybridized carbons (Fsp3) is 0.417. The van der Waals surface area contributed by atoms with Crippen molar-refractivity contribution < 1.29 is 9.47 Å². The second kappa shape index (κ2) is 13.2. The Bertz CT molecular complexity index is 722. The van der Waals surface area contributed by atoms with Gasteiger partial charge >= 0.3 is 0 Å². The largest absolute Gasteiger partial charge is 0.494 e. The number of ether oxygens (including phenoxy) is 2. The van der Waals surface area contributed by atoms with Crippen LogP contribution in [0, 0.1) is 22.7 Å². The minimum atomic E-state index is 0.638. The molecule has 0 N–H and O–H groups in total. The first-order valence-corrected chi connectivity index (χ1v) is 10.1. The van der Waals surface area contributed by atoms with E-state index in [1.807, 2.05) is 24.3 Å². The van der Waals surface area contributed by atoms with Crippen LogP contribution in [0.1, 0.15) is 62.5 Å². The molecule has 0 atom stereocenters. The maximum Gasteiger partial charge on any atom is 0.120 e. The molecule has 4 nitrogen and oxygen atoms in total. The standard InChI is InChI=1S/C24H28N2O2/c25-19-21-11-9-13-23(17-21)27-15-7-5-3-1-2-4-6-8-16-28-24-14-10-12-22(18-24)20-26/h9-14,17-18H,1-8,15-16H2. The minimum Gasteiger partial charge on any atom is -0.494 e. The van der Waals surface area contributed by atoms with Crippen molar-refractivity contribution in [2.24, 2.45) is 0 Å². The molecule has 0 spiro atoms. The number of nitrogens with zero attached hydrogens (tertiary/aromatic N) is 2. The van der Waals surface area contributed by atoms with E-state index in [2.05, 4.69) is 12.1 Å². The lowest BCUT2D eigenvalue weighted by Crippen LogP contribution is -1.98. The van der Waals surface area contributed by atoms with Gasteiger partial charge in [0.2, 0.25) is 0 Å². The Morgan fingerprint density at radius 3 is 1.36 bits per heavy atom. The number of hydrogen-bond acceptors (Lipinski definition) is 4. The van der Waals surface area contributed by atoms with Crippen LogP contribution >= 0.6 is 0 Å². The van der Waals surface area contributed by atoms with Crippen LogP contribution < -0.4 is 9.47 Å². The Kier molecular flexibility index (Phi) is 10.1. The van der Waals surface area contributed by atoms with Crippen LogP contribution in [0.25, 0.3) is 0 Å². The topological polar surface area (TPSA) is 66.0 Å². The van der Waals surface area contributed by atoms with Crippen LogP contribution in [0.3, 0.4) is 0 Å². The second-order valence-electron chi connectivity index (χ2n) is 6.80. The van der Waals surface area contributed by atoms with Gasteiger partial charge in [0, 0.05) is 0 Å². The Balaban J connectivity index is 1.39. The molecule has 0 aliphatic carbocycles. The first kappa shape index (κ1) is 21.3. The molecule has 2 aromatic rings. The van der Waals surface area contributed by atoms with E-state index in [1.165, 1.54) is 38.5 Å². The molecule has 0 heterocycles. The van der Waals surface area contributed by atoms with Gasteiger partial charge in [-0.2, -0.15) is 10.5 Å². The highest BCUT2D eigenvalue weighted by Crippen LogP contribution is 2.15. The van der Waals surface area contributed by atoms with Crippen LogP contribution in [0.2, 0.25) is 0 Å². The van der Waals surface area contributed by atoms with Gasteiger partial charge < -0.3 is 9.47 Å². The van der Waals surface area contributed by atoms with Crippen LogP contribution in [-0.2, 0) is 0 Å². The molecule has 0 fully saturated rings. The van der Waals surface area contributed by atoms with Gasteiger partial charge in [0.25, 0.3) is 0 Å². The highest BCUT2D eigenvalue weighted by molar-refractivity contribution is 5.36. The van der Waals surface area contributed by atoms with Crippen LogP contribution in [0.4, 0.5) is 0 Å². The fourth-order valence-electron chi connectivity index (χ4n) is 2.96. The lowest BCUT2D eigenvalue weighted by atomic mass is 10.1. The number of nitriles is 2. The van der Waals surface area contributed by atoms with Gasteiger partial charge in [0.1, 0.15) is 11.5 Å². The maximum atomic E-state index is 8.87. The molecule has 2 rings (SSSR count). The third-order valence-electron chi connectivity index (χ3n) is 4.50. The number of hydrogen-bond donors (Lipinski definition) is 0. The molecule has 0 saturated carbocycles. The summed E-state index contributed by atoms with van der Waals surface area (Å²) in [6.45, 7) is 1.42. The Morgan fingerprint density at radius 1 is 0.571 bits per heavy atom. The van der Waals surface area contributed by atoms with E-state index in [0.29, 0.717) is 24.3 Å². The smallest absolute Gasteiger partial charge is 0.120 e. The highest BCUT2D eigenvalue weighted by atomic mass is 16.5. The minimum absolute atomic E-state index is 0.638. The predicted molar refractivity (Wildman–Crippen MR) is 110 cm³/mol. The van der Waals surface area contributed by atoms with Gasteiger partial charge in [-0.15, -0.1) is 0 Å². The lowest BCUT2D eigenvalue weighted by Gasteiger charge is -2.07. The lowest BCUT2D eigenvalue weighted by molar-refractivity contribution is 0.301. The molecular formula is C24H28N2O2. The summed E-state index contributed by atoms with van der Waals surface area (Å²) in [5.74, 6) is 1.56. The second-order valence-corrected chi connectivity index (χ2v) is 6.80. The van der Waals surface area contributed by atoms with Crippen molar-refractivity contribution in [3.05, 3.63) is 59.7 Å². The van der Waals surface area contributed by atoms with Gasteiger partial charge in [-0.25, -0.2) is 0 Å². The van der Waals surface area contributed by atoms with Crippen molar-refractivity contribution in [3.63, 3.8) is 0 Å². The predicted octanol–water partition coefficient (Wildman–Crippen LogP) is 6.01. The molecule has 0 amide bonds. The van der Waals surface area contributed by atoms with Gasteiger partial charge in [0.05, 0.1) is 36.5 Å². The van der Waals surface area contributed by atoms with Crippen molar-refractivity contribution in [2.45, 2.75) is 51.4 Å². The summed E-state index contributed by atoms with van der Waals surface area (Å²) in [5.41, 5.74) is 1.28. The zero-order valence-electron chi connectivity index (χ0n) is 16.4. The van der Waals surface area contributed by atoms with E-state index in [1.54, 1.807) is 24.3 Å². The Hall–Kier alpha value is -2.98. The first-order chi connectivity index (χ1) is 13.8. The Morgan fingerprint density at radius 2 is 0.964 bits per heavy atom. The summed E-state index contributed by atoms with van der Waals surface area (Å²) in [4.78, 5) is 0. The van der Waals surface area contributed by atoms with Crippen molar-refractivity contribution in [2.75, 3.05) is 13.2 Å². The molecule has 28 heavy (non-hydrogen) atoms. The van der Waals surface area contributed by atoms with E-state index in [0.717, 1.165) is 24.3 Å². The zero-order chi connectivity index (χ0) is 19.9. The van der Waals surface area contributed by atoms with Crippen molar-refractivity contribution in [1.82, 2.24) is 0 Å². The molecule has 2 aromatic carbocycles. The van der Waals surface area contributed by atoms with E-state index in [4.69, 9.17) is 20.0 Å². The highest BCUT2D eigenvalue weighted by Gasteiger charge is 1.98. The molecular weight excluding hydrogens is 348 g/mol. The summed E-state index contributed by atoms with van der Waals surface area (Å²) in [7, 11) is 0. The summed E-state index contributed by atoms with van der Waals surface area (Å²) in [6.07, 6.45) is 9.44. The van der Waals surface area contributed by atoms with Crippen LogP contribution in [-0.4, -0.2) is 13.2 Å².